The molecule has 3 rings (SSSR count). The number of hydrogen-bond acceptors (Lipinski definition) is 4. The van der Waals surface area contributed by atoms with Crippen LogP contribution in [0.5, 0.6) is 0 Å². The molecular weight excluding hydrogens is 306 g/mol. The minimum absolute atomic E-state index is 0.108. The second-order valence-corrected chi connectivity index (χ2v) is 8.46. The van der Waals surface area contributed by atoms with Gasteiger partial charge in [0.25, 0.3) is 10.0 Å². The lowest BCUT2D eigenvalue weighted by Crippen LogP contribution is -2.38. The quantitative estimate of drug-likeness (QED) is 0.852. The topological polar surface area (TPSA) is 55.2 Å². The Balaban J connectivity index is 2.11. The highest BCUT2D eigenvalue weighted by Crippen LogP contribution is 2.40. The number of para-hydroxylation sites is 1. The molecule has 0 saturated heterocycles. The maximum Gasteiger partial charge on any atom is 0.283 e. The molecule has 1 aromatic carbocycles. The Hall–Kier alpha value is -1.47. The summed E-state index contributed by atoms with van der Waals surface area (Å²) in [4.78, 5) is 5.17. The summed E-state index contributed by atoms with van der Waals surface area (Å²) in [5, 5.41) is 0.316. The smallest absolute Gasteiger partial charge is 0.283 e. The van der Waals surface area contributed by atoms with Crippen LogP contribution < -0.4 is 4.31 Å². The summed E-state index contributed by atoms with van der Waals surface area (Å²) in [6.07, 6.45) is 1.57. The number of aryl methyl sites for hydroxylation is 2. The number of fused-ring (bicyclic) bond motifs is 1. The number of thioether (sulfide) groups is 1. The number of anilines is 1. The molecule has 21 heavy (non-hydrogen) atoms. The van der Waals surface area contributed by atoms with Crippen LogP contribution in [0.15, 0.2) is 40.4 Å². The summed E-state index contributed by atoms with van der Waals surface area (Å²) in [5.41, 5.74) is 0.740. The third-order valence-corrected chi connectivity index (χ3v) is 6.33. The zero-order valence-electron chi connectivity index (χ0n) is 12.1. The van der Waals surface area contributed by atoms with Crippen molar-refractivity contribution in [2.75, 3.05) is 10.8 Å². The fraction of sp³-hybridized carbons (Fsp3) is 0.357. The molecule has 0 unspecified atom stereocenters. The highest BCUT2D eigenvalue weighted by atomic mass is 32.2. The third-order valence-electron chi connectivity index (χ3n) is 3.53. The van der Waals surface area contributed by atoms with Gasteiger partial charge in [0.2, 0.25) is 0 Å². The van der Waals surface area contributed by atoms with Crippen molar-refractivity contribution in [3.8, 4) is 0 Å². The minimum Gasteiger partial charge on any atom is -0.337 e. The first kappa shape index (κ1) is 14.5. The number of nitrogens with zero attached hydrogens (tertiary/aromatic N) is 3. The van der Waals surface area contributed by atoms with Crippen molar-refractivity contribution in [3.05, 3.63) is 36.3 Å². The minimum atomic E-state index is -3.62. The molecule has 0 bridgehead atoms. The number of imidazole rings is 1. The third kappa shape index (κ3) is 2.44. The second-order valence-electron chi connectivity index (χ2n) is 5.17. The van der Waals surface area contributed by atoms with E-state index in [1.54, 1.807) is 36.5 Å². The van der Waals surface area contributed by atoms with Crippen LogP contribution in [-0.2, 0) is 17.1 Å². The number of rotatable bonds is 2. The lowest BCUT2D eigenvalue weighted by molar-refractivity contribution is 0.586. The molecule has 1 atom stereocenters. The van der Waals surface area contributed by atoms with Gasteiger partial charge in [0, 0.05) is 29.9 Å². The SMILES string of the molecule is Cc1nc(S(=O)(=O)N2C[C@@H](C)Sc3ccccc32)cn1C. The van der Waals surface area contributed by atoms with Crippen molar-refractivity contribution in [1.82, 2.24) is 9.55 Å². The molecule has 0 amide bonds. The van der Waals surface area contributed by atoms with Gasteiger partial charge in [0.05, 0.1) is 5.69 Å². The maximum atomic E-state index is 12.9. The molecule has 0 N–H and O–H groups in total. The van der Waals surface area contributed by atoms with E-state index in [4.69, 9.17) is 0 Å². The molecule has 2 aromatic rings. The van der Waals surface area contributed by atoms with Crippen LogP contribution in [0.2, 0.25) is 0 Å². The van der Waals surface area contributed by atoms with Gasteiger partial charge in [-0.25, -0.2) is 4.98 Å². The molecular formula is C14H17N3O2S2. The first-order chi connectivity index (χ1) is 9.89. The largest absolute Gasteiger partial charge is 0.337 e. The number of sulfonamides is 1. The predicted molar refractivity (Wildman–Crippen MR) is 84.2 cm³/mol. The van der Waals surface area contributed by atoms with E-state index in [0.29, 0.717) is 12.4 Å². The summed E-state index contributed by atoms with van der Waals surface area (Å²) in [5.74, 6) is 0.682. The van der Waals surface area contributed by atoms with Gasteiger partial charge in [-0.1, -0.05) is 19.1 Å². The van der Waals surface area contributed by atoms with Gasteiger partial charge in [-0.3, -0.25) is 4.31 Å². The molecule has 1 aliphatic rings. The van der Waals surface area contributed by atoms with Crippen LogP contribution >= 0.6 is 11.8 Å². The van der Waals surface area contributed by atoms with Gasteiger partial charge in [-0.05, 0) is 19.1 Å². The van der Waals surface area contributed by atoms with E-state index in [1.807, 2.05) is 31.2 Å². The zero-order chi connectivity index (χ0) is 15.2. The van der Waals surface area contributed by atoms with Crippen LogP contribution in [0, 0.1) is 6.92 Å². The van der Waals surface area contributed by atoms with Crippen molar-refractivity contribution in [2.24, 2.45) is 7.05 Å². The summed E-state index contributed by atoms with van der Waals surface area (Å²) in [6.45, 7) is 4.29. The summed E-state index contributed by atoms with van der Waals surface area (Å²) >= 11 is 1.70. The molecule has 0 radical (unpaired) electrons. The number of aromatic nitrogens is 2. The van der Waals surface area contributed by atoms with Crippen LogP contribution in [0.25, 0.3) is 0 Å². The Bertz CT molecular complexity index is 764. The molecule has 0 aliphatic carbocycles. The Morgan fingerprint density at radius 2 is 2.05 bits per heavy atom. The van der Waals surface area contributed by atoms with E-state index >= 15 is 0 Å². The van der Waals surface area contributed by atoms with Crippen molar-refractivity contribution >= 4 is 27.5 Å². The Labute approximate surface area is 129 Å². The van der Waals surface area contributed by atoms with Gasteiger partial charge >= 0.3 is 0 Å². The fourth-order valence-electron chi connectivity index (χ4n) is 2.34. The summed E-state index contributed by atoms with van der Waals surface area (Å²) in [7, 11) is -1.83. The summed E-state index contributed by atoms with van der Waals surface area (Å²) < 4.78 is 29.0. The Kier molecular flexibility index (Phi) is 3.49. The van der Waals surface area contributed by atoms with E-state index in [2.05, 4.69) is 4.98 Å². The average molecular weight is 323 g/mol. The van der Waals surface area contributed by atoms with Crippen molar-refractivity contribution in [2.45, 2.75) is 29.0 Å². The Morgan fingerprint density at radius 1 is 1.33 bits per heavy atom. The normalized spacial score (nSPS) is 18.6. The van der Waals surface area contributed by atoms with E-state index in [0.717, 1.165) is 10.6 Å². The Morgan fingerprint density at radius 3 is 2.71 bits per heavy atom. The van der Waals surface area contributed by atoms with Gasteiger partial charge in [0.1, 0.15) is 5.82 Å². The number of hydrogen-bond donors (Lipinski definition) is 0. The van der Waals surface area contributed by atoms with Crippen molar-refractivity contribution in [1.29, 1.82) is 0 Å². The van der Waals surface area contributed by atoms with E-state index in [9.17, 15) is 8.42 Å². The van der Waals surface area contributed by atoms with E-state index in [-0.39, 0.29) is 10.3 Å². The van der Waals surface area contributed by atoms with Gasteiger partial charge < -0.3 is 4.57 Å². The fourth-order valence-corrected chi connectivity index (χ4v) is 5.21. The molecule has 0 fully saturated rings. The lowest BCUT2D eigenvalue weighted by atomic mass is 10.3. The molecule has 7 heteroatoms. The van der Waals surface area contributed by atoms with Crippen LogP contribution in [0.1, 0.15) is 12.7 Å². The highest BCUT2D eigenvalue weighted by molar-refractivity contribution is 8.00. The molecule has 0 saturated carbocycles. The van der Waals surface area contributed by atoms with Crippen molar-refractivity contribution < 1.29 is 8.42 Å². The van der Waals surface area contributed by atoms with E-state index in [1.165, 1.54) is 4.31 Å². The van der Waals surface area contributed by atoms with Gasteiger partial charge in [0.15, 0.2) is 5.03 Å². The first-order valence-corrected chi connectivity index (χ1v) is 9.00. The molecule has 0 spiro atoms. The monoisotopic (exact) mass is 323 g/mol. The molecule has 1 aromatic heterocycles. The van der Waals surface area contributed by atoms with Gasteiger partial charge in [-0.2, -0.15) is 8.42 Å². The molecule has 112 valence electrons. The lowest BCUT2D eigenvalue weighted by Gasteiger charge is -2.32. The van der Waals surface area contributed by atoms with Crippen molar-refractivity contribution in [3.63, 3.8) is 0 Å². The molecule has 1 aliphatic heterocycles. The number of benzene rings is 1. The van der Waals surface area contributed by atoms with Crippen LogP contribution in [-0.4, -0.2) is 29.8 Å². The first-order valence-electron chi connectivity index (χ1n) is 6.68. The highest BCUT2D eigenvalue weighted by Gasteiger charge is 2.33. The van der Waals surface area contributed by atoms with Crippen LogP contribution in [0.4, 0.5) is 5.69 Å². The van der Waals surface area contributed by atoms with Crippen LogP contribution in [0.3, 0.4) is 0 Å². The second kappa shape index (κ2) is 5.06. The molecule has 2 heterocycles. The average Bonchev–Trinajstić information content (AvgIpc) is 2.78. The summed E-state index contributed by atoms with van der Waals surface area (Å²) in [6, 6.07) is 7.60. The zero-order valence-corrected chi connectivity index (χ0v) is 13.8. The standard InChI is InChI=1S/C14H17N3O2S2/c1-10-8-17(12-6-4-5-7-13(12)20-10)21(18,19)14-9-16(3)11(2)15-14/h4-7,9-10H,8H2,1-3H3/t10-/m1/s1. The van der Waals surface area contributed by atoms with Gasteiger partial charge in [-0.15, -0.1) is 11.8 Å². The maximum absolute atomic E-state index is 12.9. The van der Waals surface area contributed by atoms with E-state index < -0.39 is 10.0 Å². The molecule has 5 nitrogen and oxygen atoms in total. The predicted octanol–water partition coefficient (Wildman–Crippen LogP) is 2.42.